The van der Waals surface area contributed by atoms with E-state index in [0.29, 0.717) is 0 Å². The highest BCUT2D eigenvalue weighted by molar-refractivity contribution is 7.85. The quantitative estimate of drug-likeness (QED) is 0.629. The van der Waals surface area contributed by atoms with Crippen molar-refractivity contribution in [2.45, 2.75) is 24.5 Å². The van der Waals surface area contributed by atoms with Crippen molar-refractivity contribution in [2.24, 2.45) is 0 Å². The van der Waals surface area contributed by atoms with E-state index in [1.165, 1.54) is 0 Å². The Bertz CT molecular complexity index is 912. The molecule has 0 aliphatic rings. The Kier molecular flexibility index (Phi) is 6.98. The predicted molar refractivity (Wildman–Crippen MR) is 111 cm³/mol. The van der Waals surface area contributed by atoms with Crippen molar-refractivity contribution in [1.82, 2.24) is 5.32 Å². The lowest BCUT2D eigenvalue weighted by Crippen LogP contribution is -2.32. The molecule has 0 aliphatic carbocycles. The summed E-state index contributed by atoms with van der Waals surface area (Å²) >= 11 is 0. The number of carbonyl (C=O) groups is 1. The lowest BCUT2D eigenvalue weighted by atomic mass is 10.1. The first-order chi connectivity index (χ1) is 13.6. The van der Waals surface area contributed by atoms with Crippen LogP contribution in [0.5, 0.6) is 0 Å². The summed E-state index contributed by atoms with van der Waals surface area (Å²) < 4.78 is 18.2. The summed E-state index contributed by atoms with van der Waals surface area (Å²) in [5, 5.41) is 2.86. The minimum atomic E-state index is -1.25. The number of amides is 1. The molecule has 3 aromatic carbocycles. The minimum Gasteiger partial charge on any atom is -0.445 e. The Morgan fingerprint density at radius 2 is 1.54 bits per heavy atom. The third-order valence-electron chi connectivity index (χ3n) is 4.31. The van der Waals surface area contributed by atoms with Crippen LogP contribution >= 0.6 is 0 Å². The van der Waals surface area contributed by atoms with Crippen molar-refractivity contribution in [1.29, 1.82) is 0 Å². The smallest absolute Gasteiger partial charge is 0.407 e. The Labute approximate surface area is 168 Å². The zero-order valence-electron chi connectivity index (χ0n) is 15.7. The maximum Gasteiger partial charge on any atom is 0.407 e. The molecule has 0 bridgehead atoms. The summed E-state index contributed by atoms with van der Waals surface area (Å²) in [6, 6.07) is 26.2. The average molecular weight is 394 g/mol. The molecular formula is C23H23NO3S. The molecule has 0 saturated carbocycles. The fourth-order valence-electron chi connectivity index (χ4n) is 2.75. The second kappa shape index (κ2) is 9.85. The summed E-state index contributed by atoms with van der Waals surface area (Å²) in [7, 11) is -1.25. The molecule has 0 saturated heterocycles. The van der Waals surface area contributed by atoms with Gasteiger partial charge < -0.3 is 10.1 Å². The van der Waals surface area contributed by atoms with E-state index in [4.69, 9.17) is 4.74 Å². The van der Waals surface area contributed by atoms with E-state index in [0.717, 1.165) is 21.6 Å². The number of aryl methyl sites for hydroxylation is 1. The van der Waals surface area contributed by atoms with Gasteiger partial charge in [0.15, 0.2) is 0 Å². The van der Waals surface area contributed by atoms with Crippen LogP contribution in [0.2, 0.25) is 0 Å². The van der Waals surface area contributed by atoms with Gasteiger partial charge in [-0.05, 0) is 30.2 Å². The van der Waals surface area contributed by atoms with Gasteiger partial charge in [0.25, 0.3) is 0 Å². The molecule has 144 valence electrons. The molecule has 3 rings (SSSR count). The van der Waals surface area contributed by atoms with Crippen molar-refractivity contribution in [3.8, 4) is 0 Å². The molecule has 0 aliphatic heterocycles. The fourth-order valence-corrected chi connectivity index (χ4v) is 3.96. The van der Waals surface area contributed by atoms with Gasteiger partial charge in [0, 0.05) is 4.90 Å². The molecule has 4 nitrogen and oxygen atoms in total. The van der Waals surface area contributed by atoms with E-state index >= 15 is 0 Å². The summed E-state index contributed by atoms with van der Waals surface area (Å²) in [6.07, 6.45) is -0.529. The van der Waals surface area contributed by atoms with E-state index in [9.17, 15) is 9.00 Å². The van der Waals surface area contributed by atoms with Crippen molar-refractivity contribution in [2.75, 3.05) is 5.75 Å². The number of carbonyl (C=O) groups excluding carboxylic acids is 1. The van der Waals surface area contributed by atoms with Crippen LogP contribution in [-0.4, -0.2) is 16.1 Å². The van der Waals surface area contributed by atoms with Gasteiger partial charge >= 0.3 is 6.09 Å². The number of ether oxygens (including phenoxy) is 1. The van der Waals surface area contributed by atoms with Gasteiger partial charge in [-0.3, -0.25) is 4.21 Å². The number of hydrogen-bond acceptors (Lipinski definition) is 3. The first-order valence-electron chi connectivity index (χ1n) is 9.09. The third-order valence-corrected chi connectivity index (χ3v) is 5.74. The van der Waals surface area contributed by atoms with Gasteiger partial charge in [-0.15, -0.1) is 0 Å². The van der Waals surface area contributed by atoms with Crippen LogP contribution in [0.15, 0.2) is 89.8 Å². The summed E-state index contributed by atoms with van der Waals surface area (Å²) in [4.78, 5) is 13.1. The molecule has 1 unspecified atom stereocenters. The zero-order valence-corrected chi connectivity index (χ0v) is 16.5. The number of alkyl carbamates (subject to hydrolysis) is 1. The molecule has 5 heteroatoms. The van der Waals surface area contributed by atoms with Gasteiger partial charge in [0.1, 0.15) is 6.61 Å². The van der Waals surface area contributed by atoms with E-state index in [1.807, 2.05) is 91.9 Å². The molecule has 0 radical (unpaired) electrons. The van der Waals surface area contributed by atoms with E-state index < -0.39 is 22.9 Å². The highest BCUT2D eigenvalue weighted by Crippen LogP contribution is 2.18. The van der Waals surface area contributed by atoms with Crippen LogP contribution in [0.3, 0.4) is 0 Å². The zero-order chi connectivity index (χ0) is 19.8. The second-order valence-corrected chi connectivity index (χ2v) is 7.99. The highest BCUT2D eigenvalue weighted by Gasteiger charge is 2.19. The Balaban J connectivity index is 1.67. The SMILES string of the molecule is Cc1ccc(S(=O)C[C@@H](NC(=O)OCc2ccccc2)c2ccccc2)cc1. The molecule has 2 atom stereocenters. The second-order valence-electron chi connectivity index (χ2n) is 6.49. The molecule has 0 spiro atoms. The predicted octanol–water partition coefficient (Wildman–Crippen LogP) is 4.77. The van der Waals surface area contributed by atoms with Gasteiger partial charge in [0.2, 0.25) is 0 Å². The monoisotopic (exact) mass is 393 g/mol. The lowest BCUT2D eigenvalue weighted by Gasteiger charge is -2.19. The van der Waals surface area contributed by atoms with E-state index in [1.54, 1.807) is 0 Å². The van der Waals surface area contributed by atoms with Crippen LogP contribution in [-0.2, 0) is 22.1 Å². The molecule has 0 heterocycles. The Hall–Kier alpha value is -2.92. The first kappa shape index (κ1) is 19.8. The normalized spacial score (nSPS) is 12.8. The van der Waals surface area contributed by atoms with Gasteiger partial charge in [-0.1, -0.05) is 78.4 Å². The molecule has 28 heavy (non-hydrogen) atoms. The summed E-state index contributed by atoms with van der Waals surface area (Å²) in [6.45, 7) is 2.18. The standard InChI is InChI=1S/C23H23NO3S/c1-18-12-14-21(15-13-18)28(26)17-22(20-10-6-3-7-11-20)24-23(25)27-16-19-8-4-2-5-9-19/h2-15,22H,16-17H2,1H3,(H,24,25)/t22-,28?/m1/s1. The molecule has 1 N–H and O–H groups in total. The van der Waals surface area contributed by atoms with Crippen molar-refractivity contribution in [3.05, 3.63) is 102 Å². The van der Waals surface area contributed by atoms with E-state index in [-0.39, 0.29) is 12.4 Å². The third kappa shape index (κ3) is 5.79. The van der Waals surface area contributed by atoms with E-state index in [2.05, 4.69) is 5.32 Å². The highest BCUT2D eigenvalue weighted by atomic mass is 32.2. The maximum absolute atomic E-state index is 12.8. The largest absolute Gasteiger partial charge is 0.445 e. The summed E-state index contributed by atoms with van der Waals surface area (Å²) in [5.41, 5.74) is 2.92. The Morgan fingerprint density at radius 1 is 0.929 bits per heavy atom. The number of rotatable bonds is 7. The molecule has 1 amide bonds. The van der Waals surface area contributed by atoms with Crippen LogP contribution in [0.4, 0.5) is 4.79 Å². The van der Waals surface area contributed by atoms with Crippen molar-refractivity contribution in [3.63, 3.8) is 0 Å². The average Bonchev–Trinajstić information content (AvgIpc) is 2.73. The van der Waals surface area contributed by atoms with Crippen LogP contribution in [0, 0.1) is 6.92 Å². The van der Waals surface area contributed by atoms with Gasteiger partial charge in [-0.2, -0.15) is 0 Å². The topological polar surface area (TPSA) is 55.4 Å². The van der Waals surface area contributed by atoms with Crippen molar-refractivity contribution < 1.29 is 13.7 Å². The Morgan fingerprint density at radius 3 is 2.18 bits per heavy atom. The number of benzene rings is 3. The number of nitrogens with one attached hydrogen (secondary N) is 1. The summed E-state index contributed by atoms with van der Waals surface area (Å²) in [5.74, 6) is 0.271. The molecule has 0 aromatic heterocycles. The van der Waals surface area contributed by atoms with Gasteiger partial charge in [0.05, 0.1) is 22.6 Å². The maximum atomic E-state index is 12.8. The molecular weight excluding hydrogens is 370 g/mol. The molecule has 3 aromatic rings. The van der Waals surface area contributed by atoms with Gasteiger partial charge in [-0.25, -0.2) is 4.79 Å². The van der Waals surface area contributed by atoms with Crippen molar-refractivity contribution >= 4 is 16.9 Å². The fraction of sp³-hybridized carbons (Fsp3) is 0.174. The van der Waals surface area contributed by atoms with Crippen LogP contribution in [0.1, 0.15) is 22.7 Å². The lowest BCUT2D eigenvalue weighted by molar-refractivity contribution is 0.136. The minimum absolute atomic E-state index is 0.190. The number of hydrogen-bond donors (Lipinski definition) is 1. The van der Waals surface area contributed by atoms with Crippen LogP contribution < -0.4 is 5.32 Å². The first-order valence-corrected chi connectivity index (χ1v) is 10.4. The van der Waals surface area contributed by atoms with Crippen LogP contribution in [0.25, 0.3) is 0 Å². The molecule has 0 fully saturated rings.